The SMILES string of the molecule is O=c1c([N+](=O)[O-])c(NC(c2ccccc2)C2CC2)nc2ccccn12. The highest BCUT2D eigenvalue weighted by Crippen LogP contribution is 2.43. The first-order chi connectivity index (χ1) is 12.1. The number of rotatable bonds is 5. The Morgan fingerprint density at radius 3 is 2.56 bits per heavy atom. The zero-order valence-corrected chi connectivity index (χ0v) is 13.3. The zero-order valence-electron chi connectivity index (χ0n) is 13.3. The lowest BCUT2D eigenvalue weighted by Crippen LogP contribution is -2.23. The van der Waals surface area contributed by atoms with Crippen LogP contribution in [0.25, 0.3) is 5.65 Å². The van der Waals surface area contributed by atoms with Crippen LogP contribution in [0.5, 0.6) is 0 Å². The summed E-state index contributed by atoms with van der Waals surface area (Å²) in [5.41, 5.74) is 0.212. The largest absolute Gasteiger partial charge is 0.376 e. The van der Waals surface area contributed by atoms with Gasteiger partial charge in [0.15, 0.2) is 0 Å². The van der Waals surface area contributed by atoms with Gasteiger partial charge in [0.2, 0.25) is 5.82 Å². The Kier molecular flexibility index (Phi) is 3.68. The first-order valence-corrected chi connectivity index (χ1v) is 8.12. The molecule has 1 fully saturated rings. The molecule has 7 heteroatoms. The van der Waals surface area contributed by atoms with Crippen LogP contribution >= 0.6 is 0 Å². The molecule has 0 saturated heterocycles. The third-order valence-corrected chi connectivity index (χ3v) is 4.44. The highest BCUT2D eigenvalue weighted by Gasteiger charge is 2.35. The van der Waals surface area contributed by atoms with Gasteiger partial charge in [-0.1, -0.05) is 36.4 Å². The fourth-order valence-corrected chi connectivity index (χ4v) is 3.06. The van der Waals surface area contributed by atoms with E-state index < -0.39 is 16.2 Å². The van der Waals surface area contributed by atoms with E-state index in [4.69, 9.17) is 0 Å². The summed E-state index contributed by atoms with van der Waals surface area (Å²) in [5.74, 6) is 0.417. The van der Waals surface area contributed by atoms with Crippen molar-refractivity contribution in [2.24, 2.45) is 5.92 Å². The number of benzene rings is 1. The van der Waals surface area contributed by atoms with E-state index in [9.17, 15) is 14.9 Å². The molecule has 0 bridgehead atoms. The van der Waals surface area contributed by atoms with Crippen LogP contribution in [-0.2, 0) is 0 Å². The number of nitrogens with zero attached hydrogens (tertiary/aromatic N) is 3. The number of aromatic nitrogens is 2. The Balaban J connectivity index is 1.84. The van der Waals surface area contributed by atoms with Crippen LogP contribution in [-0.4, -0.2) is 14.3 Å². The maximum Gasteiger partial charge on any atom is 0.376 e. The zero-order chi connectivity index (χ0) is 17.4. The first-order valence-electron chi connectivity index (χ1n) is 8.12. The Morgan fingerprint density at radius 2 is 1.88 bits per heavy atom. The third kappa shape index (κ3) is 2.84. The summed E-state index contributed by atoms with van der Waals surface area (Å²) in [4.78, 5) is 27.7. The molecule has 0 amide bonds. The van der Waals surface area contributed by atoms with E-state index >= 15 is 0 Å². The Morgan fingerprint density at radius 1 is 1.16 bits per heavy atom. The topological polar surface area (TPSA) is 89.5 Å². The number of nitrogens with one attached hydrogen (secondary N) is 1. The predicted molar refractivity (Wildman–Crippen MR) is 93.6 cm³/mol. The van der Waals surface area contributed by atoms with Crippen molar-refractivity contribution in [3.8, 4) is 0 Å². The molecule has 1 aromatic carbocycles. The molecule has 4 rings (SSSR count). The normalized spacial score (nSPS) is 15.0. The highest BCUT2D eigenvalue weighted by atomic mass is 16.6. The van der Waals surface area contributed by atoms with Crippen LogP contribution in [0.15, 0.2) is 59.5 Å². The average Bonchev–Trinajstić information content (AvgIpc) is 3.45. The monoisotopic (exact) mass is 336 g/mol. The van der Waals surface area contributed by atoms with Gasteiger partial charge in [-0.3, -0.25) is 19.3 Å². The molecule has 0 spiro atoms. The van der Waals surface area contributed by atoms with Crippen molar-refractivity contribution >= 4 is 17.2 Å². The average molecular weight is 336 g/mol. The van der Waals surface area contributed by atoms with Gasteiger partial charge in [0.05, 0.1) is 11.0 Å². The molecule has 126 valence electrons. The molecule has 1 aliphatic carbocycles. The summed E-state index contributed by atoms with van der Waals surface area (Å²) in [5, 5.41) is 14.7. The van der Waals surface area contributed by atoms with Gasteiger partial charge in [-0.25, -0.2) is 4.98 Å². The highest BCUT2D eigenvalue weighted by molar-refractivity contribution is 5.60. The van der Waals surface area contributed by atoms with Gasteiger partial charge >= 0.3 is 11.2 Å². The lowest BCUT2D eigenvalue weighted by molar-refractivity contribution is -0.385. The van der Waals surface area contributed by atoms with Crippen LogP contribution < -0.4 is 10.9 Å². The second kappa shape index (κ2) is 6.01. The van der Waals surface area contributed by atoms with Crippen molar-refractivity contribution < 1.29 is 4.92 Å². The van der Waals surface area contributed by atoms with E-state index in [-0.39, 0.29) is 11.9 Å². The Hall–Kier alpha value is -3.22. The molecular weight excluding hydrogens is 320 g/mol. The van der Waals surface area contributed by atoms with E-state index in [1.807, 2.05) is 30.3 Å². The molecule has 1 saturated carbocycles. The van der Waals surface area contributed by atoms with E-state index in [1.165, 1.54) is 10.6 Å². The number of anilines is 1. The van der Waals surface area contributed by atoms with E-state index in [0.717, 1.165) is 18.4 Å². The Labute approximate surface area is 143 Å². The fourth-order valence-electron chi connectivity index (χ4n) is 3.06. The molecule has 2 heterocycles. The summed E-state index contributed by atoms with van der Waals surface area (Å²) >= 11 is 0. The van der Waals surface area contributed by atoms with Crippen LogP contribution in [0.3, 0.4) is 0 Å². The van der Waals surface area contributed by atoms with Crippen LogP contribution in [0, 0.1) is 16.0 Å². The number of nitro groups is 1. The van der Waals surface area contributed by atoms with Crippen molar-refractivity contribution in [2.75, 3.05) is 5.32 Å². The number of hydrogen-bond acceptors (Lipinski definition) is 5. The lowest BCUT2D eigenvalue weighted by Gasteiger charge is -2.19. The van der Waals surface area contributed by atoms with Crippen LogP contribution in [0.2, 0.25) is 0 Å². The summed E-state index contributed by atoms with van der Waals surface area (Å²) in [6, 6.07) is 14.7. The van der Waals surface area contributed by atoms with Crippen molar-refractivity contribution in [3.05, 3.63) is 80.8 Å². The maximum atomic E-state index is 12.5. The summed E-state index contributed by atoms with van der Waals surface area (Å²) in [6.45, 7) is 0. The van der Waals surface area contributed by atoms with Gasteiger partial charge in [0.25, 0.3) is 0 Å². The molecule has 0 aliphatic heterocycles. The van der Waals surface area contributed by atoms with Crippen molar-refractivity contribution in [2.45, 2.75) is 18.9 Å². The van der Waals surface area contributed by atoms with E-state index in [0.29, 0.717) is 11.6 Å². The first kappa shape index (κ1) is 15.3. The maximum absolute atomic E-state index is 12.5. The van der Waals surface area contributed by atoms with Crippen molar-refractivity contribution in [1.82, 2.24) is 9.38 Å². The van der Waals surface area contributed by atoms with Crippen LogP contribution in [0.4, 0.5) is 11.5 Å². The van der Waals surface area contributed by atoms with Gasteiger partial charge in [0.1, 0.15) is 5.65 Å². The molecule has 2 aromatic heterocycles. The molecule has 3 aromatic rings. The third-order valence-electron chi connectivity index (χ3n) is 4.44. The van der Waals surface area contributed by atoms with Crippen LogP contribution in [0.1, 0.15) is 24.4 Å². The van der Waals surface area contributed by atoms with Gasteiger partial charge in [0, 0.05) is 6.20 Å². The minimum atomic E-state index is -0.680. The van der Waals surface area contributed by atoms with Gasteiger partial charge in [-0.05, 0) is 36.5 Å². The Bertz CT molecular complexity index is 996. The molecule has 25 heavy (non-hydrogen) atoms. The predicted octanol–water partition coefficient (Wildman–Crippen LogP) is 3.17. The lowest BCUT2D eigenvalue weighted by atomic mass is 10.0. The fraction of sp³-hybridized carbons (Fsp3) is 0.222. The van der Waals surface area contributed by atoms with Crippen molar-refractivity contribution in [3.63, 3.8) is 0 Å². The summed E-state index contributed by atoms with van der Waals surface area (Å²) < 4.78 is 1.19. The molecule has 0 radical (unpaired) electrons. The summed E-state index contributed by atoms with van der Waals surface area (Å²) in [6.07, 6.45) is 3.58. The standard InChI is InChI=1S/C18H16N4O3/c23-18-16(22(24)25)17(19-14-8-4-5-11-21(14)18)20-15(13-9-10-13)12-6-2-1-3-7-12/h1-8,11,13,15,20H,9-10H2. The van der Waals surface area contributed by atoms with Gasteiger partial charge in [-0.15, -0.1) is 0 Å². The van der Waals surface area contributed by atoms with Crippen molar-refractivity contribution in [1.29, 1.82) is 0 Å². The van der Waals surface area contributed by atoms with E-state index in [1.54, 1.807) is 18.2 Å². The van der Waals surface area contributed by atoms with Gasteiger partial charge in [-0.2, -0.15) is 0 Å². The molecular formula is C18H16N4O3. The molecule has 7 nitrogen and oxygen atoms in total. The number of fused-ring (bicyclic) bond motifs is 1. The molecule has 1 aliphatic rings. The van der Waals surface area contributed by atoms with E-state index in [2.05, 4.69) is 10.3 Å². The second-order valence-corrected chi connectivity index (χ2v) is 6.17. The molecule has 1 atom stereocenters. The minimum Gasteiger partial charge on any atom is -0.357 e. The summed E-state index contributed by atoms with van der Waals surface area (Å²) in [7, 11) is 0. The van der Waals surface area contributed by atoms with Gasteiger partial charge < -0.3 is 5.32 Å². The molecule has 1 N–H and O–H groups in total. The number of pyridine rings is 1. The smallest absolute Gasteiger partial charge is 0.357 e. The quantitative estimate of drug-likeness (QED) is 0.571. The number of hydrogen-bond donors (Lipinski definition) is 1. The minimum absolute atomic E-state index is 0.0296. The second-order valence-electron chi connectivity index (χ2n) is 6.17. The molecule has 1 unspecified atom stereocenters.